The molecule has 5 rings (SSSR count). The minimum Gasteiger partial charge on any atom is -0.399 e. The van der Waals surface area contributed by atoms with E-state index < -0.39 is 0 Å². The smallest absolute Gasteiger partial charge is 0.172 e. The maximum Gasteiger partial charge on any atom is 0.172 e. The lowest BCUT2D eigenvalue weighted by Crippen LogP contribution is -2.38. The van der Waals surface area contributed by atoms with E-state index in [1.807, 2.05) is 18.2 Å². The van der Waals surface area contributed by atoms with Gasteiger partial charge >= 0.3 is 0 Å². The van der Waals surface area contributed by atoms with Crippen LogP contribution < -0.4 is 15.5 Å². The Morgan fingerprint density at radius 1 is 1.04 bits per heavy atom. The number of aromatic nitrogens is 4. The van der Waals surface area contributed by atoms with Crippen molar-refractivity contribution in [3.05, 3.63) is 36.4 Å². The molecule has 0 saturated carbocycles. The molecule has 0 amide bonds. The second-order valence-corrected chi connectivity index (χ2v) is 7.13. The summed E-state index contributed by atoms with van der Waals surface area (Å²) >= 11 is 0. The number of rotatable bonds is 3. The number of nitrogen functional groups attached to an aromatic ring is 1. The van der Waals surface area contributed by atoms with Crippen LogP contribution in [0.4, 0.5) is 17.3 Å². The summed E-state index contributed by atoms with van der Waals surface area (Å²) in [5.74, 6) is 3.29. The third kappa shape index (κ3) is 3.06. The van der Waals surface area contributed by atoms with E-state index in [-0.39, 0.29) is 0 Å². The number of morpholine rings is 1. The Balaban J connectivity index is 1.39. The number of aromatic amines is 1. The molecule has 27 heavy (non-hydrogen) atoms. The van der Waals surface area contributed by atoms with Crippen LogP contribution in [0.5, 0.6) is 0 Å². The van der Waals surface area contributed by atoms with E-state index in [1.165, 1.54) is 0 Å². The maximum absolute atomic E-state index is 5.89. The third-order valence-electron chi connectivity index (χ3n) is 5.37. The van der Waals surface area contributed by atoms with Crippen molar-refractivity contribution in [3.63, 3.8) is 0 Å². The Labute approximate surface area is 157 Å². The lowest BCUT2D eigenvalue weighted by atomic mass is 10.1. The van der Waals surface area contributed by atoms with Gasteiger partial charge in [0.05, 0.1) is 24.2 Å². The Bertz CT molecular complexity index is 950. The molecule has 1 atom stereocenters. The summed E-state index contributed by atoms with van der Waals surface area (Å²) in [6, 6.07) is 5.80. The Kier molecular flexibility index (Phi) is 4.05. The van der Waals surface area contributed by atoms with Gasteiger partial charge in [-0.3, -0.25) is 0 Å². The molecule has 2 saturated heterocycles. The number of nitrogens with one attached hydrogen (secondary N) is 1. The number of nitrogens with zero attached hydrogens (tertiary/aromatic N) is 5. The first-order valence-corrected chi connectivity index (χ1v) is 9.42. The lowest BCUT2D eigenvalue weighted by Gasteiger charge is -2.31. The molecule has 0 bridgehead atoms. The first-order chi connectivity index (χ1) is 13.3. The average molecular weight is 365 g/mol. The van der Waals surface area contributed by atoms with Crippen LogP contribution in [0.2, 0.25) is 0 Å². The van der Waals surface area contributed by atoms with Crippen LogP contribution in [0, 0.1) is 0 Å². The molecule has 0 radical (unpaired) electrons. The van der Waals surface area contributed by atoms with Crippen molar-refractivity contribution < 1.29 is 4.74 Å². The molecule has 0 aliphatic carbocycles. The van der Waals surface area contributed by atoms with Gasteiger partial charge < -0.3 is 25.3 Å². The van der Waals surface area contributed by atoms with Crippen molar-refractivity contribution in [1.82, 2.24) is 19.9 Å². The summed E-state index contributed by atoms with van der Waals surface area (Å²) in [5, 5.41) is 0. The molecule has 3 N–H and O–H groups in total. The fraction of sp³-hybridized carbons (Fsp3) is 0.421. The molecule has 3 aromatic rings. The topological polar surface area (TPSA) is 96.2 Å². The molecule has 2 aromatic heterocycles. The molecule has 2 fully saturated rings. The summed E-state index contributed by atoms with van der Waals surface area (Å²) in [5.41, 5.74) is 8.60. The molecule has 0 spiro atoms. The van der Waals surface area contributed by atoms with Gasteiger partial charge in [-0.2, -0.15) is 0 Å². The van der Waals surface area contributed by atoms with Gasteiger partial charge in [0.1, 0.15) is 5.82 Å². The molecule has 1 aromatic carbocycles. The average Bonchev–Trinajstić information content (AvgIpc) is 3.35. The third-order valence-corrected chi connectivity index (χ3v) is 5.37. The van der Waals surface area contributed by atoms with Crippen molar-refractivity contribution in [3.8, 4) is 0 Å². The Hall–Kier alpha value is -2.87. The largest absolute Gasteiger partial charge is 0.399 e. The first-order valence-electron chi connectivity index (χ1n) is 9.42. The van der Waals surface area contributed by atoms with E-state index in [4.69, 9.17) is 15.5 Å². The van der Waals surface area contributed by atoms with Crippen molar-refractivity contribution in [1.29, 1.82) is 0 Å². The predicted molar refractivity (Wildman–Crippen MR) is 105 cm³/mol. The Morgan fingerprint density at radius 2 is 1.81 bits per heavy atom. The normalized spacial score (nSPS) is 20.5. The monoisotopic (exact) mass is 365 g/mol. The van der Waals surface area contributed by atoms with Gasteiger partial charge in [0.15, 0.2) is 11.6 Å². The van der Waals surface area contributed by atoms with Gasteiger partial charge in [-0.1, -0.05) is 0 Å². The highest BCUT2D eigenvalue weighted by atomic mass is 16.5. The van der Waals surface area contributed by atoms with Crippen LogP contribution in [0.25, 0.3) is 11.0 Å². The molecule has 4 heterocycles. The number of hydrogen-bond acceptors (Lipinski definition) is 7. The number of ether oxygens (including phenoxy) is 1. The summed E-state index contributed by atoms with van der Waals surface area (Å²) in [6.07, 6.45) is 4.58. The minimum absolute atomic E-state index is 0.346. The molecule has 8 nitrogen and oxygen atoms in total. The number of hydrogen-bond donors (Lipinski definition) is 2. The highest BCUT2D eigenvalue weighted by molar-refractivity contribution is 5.79. The highest BCUT2D eigenvalue weighted by Gasteiger charge is 2.30. The van der Waals surface area contributed by atoms with Gasteiger partial charge in [0.25, 0.3) is 0 Å². The molecular formula is C19H23N7O. The van der Waals surface area contributed by atoms with E-state index in [0.717, 1.165) is 80.0 Å². The zero-order valence-corrected chi connectivity index (χ0v) is 15.1. The van der Waals surface area contributed by atoms with Crippen LogP contribution in [0.3, 0.4) is 0 Å². The highest BCUT2D eigenvalue weighted by Crippen LogP contribution is 2.33. The fourth-order valence-electron chi connectivity index (χ4n) is 3.96. The number of nitrogens with two attached hydrogens (primary N) is 1. The summed E-state index contributed by atoms with van der Waals surface area (Å²) in [7, 11) is 0. The summed E-state index contributed by atoms with van der Waals surface area (Å²) in [4.78, 5) is 22.1. The minimum atomic E-state index is 0.346. The van der Waals surface area contributed by atoms with Crippen LogP contribution in [0.15, 0.2) is 30.6 Å². The van der Waals surface area contributed by atoms with E-state index in [2.05, 4.69) is 24.8 Å². The number of H-pyrrole nitrogens is 1. The first kappa shape index (κ1) is 16.3. The molecular weight excluding hydrogens is 342 g/mol. The zero-order chi connectivity index (χ0) is 18.2. The van der Waals surface area contributed by atoms with Crippen molar-refractivity contribution >= 4 is 28.4 Å². The molecule has 2 aliphatic rings. The van der Waals surface area contributed by atoms with Gasteiger partial charge in [0.2, 0.25) is 0 Å². The van der Waals surface area contributed by atoms with Crippen molar-refractivity contribution in [2.24, 2.45) is 0 Å². The summed E-state index contributed by atoms with van der Waals surface area (Å²) in [6.45, 7) is 5.01. The van der Waals surface area contributed by atoms with E-state index in [9.17, 15) is 0 Å². The number of benzene rings is 1. The van der Waals surface area contributed by atoms with Gasteiger partial charge in [-0.25, -0.2) is 15.0 Å². The summed E-state index contributed by atoms with van der Waals surface area (Å²) < 4.78 is 5.47. The Morgan fingerprint density at radius 3 is 2.63 bits per heavy atom. The van der Waals surface area contributed by atoms with E-state index >= 15 is 0 Å². The van der Waals surface area contributed by atoms with Gasteiger partial charge in [-0.05, 0) is 24.6 Å². The SMILES string of the molecule is Nc1ccc2nc(C3CCN(c4nccnc4N4CCOCC4)C3)[nH]c2c1. The standard InChI is InChI=1S/C19H23N7O/c20-14-1-2-15-16(11-14)24-17(23-15)13-3-6-26(12-13)19-18(21-4-5-22-19)25-7-9-27-10-8-25/h1-2,4-5,11,13H,3,6-10,12,20H2,(H,23,24). The van der Waals surface area contributed by atoms with Crippen molar-refractivity contribution in [2.75, 3.05) is 54.9 Å². The predicted octanol–water partition coefficient (Wildman–Crippen LogP) is 1.77. The van der Waals surface area contributed by atoms with Gasteiger partial charge in [0, 0.05) is 50.2 Å². The van der Waals surface area contributed by atoms with Crippen LogP contribution in [-0.2, 0) is 4.74 Å². The van der Waals surface area contributed by atoms with E-state index in [0.29, 0.717) is 5.92 Å². The van der Waals surface area contributed by atoms with Gasteiger partial charge in [-0.15, -0.1) is 0 Å². The number of fused-ring (bicyclic) bond motifs is 1. The molecule has 8 heteroatoms. The number of imidazole rings is 1. The number of anilines is 3. The molecule has 1 unspecified atom stereocenters. The van der Waals surface area contributed by atoms with E-state index in [1.54, 1.807) is 12.4 Å². The zero-order valence-electron chi connectivity index (χ0n) is 15.1. The quantitative estimate of drug-likeness (QED) is 0.683. The van der Waals surface area contributed by atoms with Crippen LogP contribution in [0.1, 0.15) is 18.2 Å². The second-order valence-electron chi connectivity index (χ2n) is 7.13. The van der Waals surface area contributed by atoms with Crippen molar-refractivity contribution in [2.45, 2.75) is 12.3 Å². The molecule has 140 valence electrons. The van der Waals surface area contributed by atoms with Crippen LogP contribution >= 0.6 is 0 Å². The molecule has 2 aliphatic heterocycles. The maximum atomic E-state index is 5.89. The lowest BCUT2D eigenvalue weighted by molar-refractivity contribution is 0.122. The second kappa shape index (κ2) is 6.70. The fourth-order valence-corrected chi connectivity index (χ4v) is 3.96. The van der Waals surface area contributed by atoms with Crippen LogP contribution in [-0.4, -0.2) is 59.3 Å².